The summed E-state index contributed by atoms with van der Waals surface area (Å²) in [6.45, 7) is 7.16. The summed E-state index contributed by atoms with van der Waals surface area (Å²) >= 11 is 0. The molecule has 0 aromatic heterocycles. The van der Waals surface area contributed by atoms with Gasteiger partial charge in [-0.05, 0) is 51.2 Å². The van der Waals surface area contributed by atoms with E-state index in [2.05, 4.69) is 21.3 Å². The second-order valence-corrected chi connectivity index (χ2v) is 7.49. The van der Waals surface area contributed by atoms with E-state index >= 15 is 0 Å². The first-order valence-corrected chi connectivity index (χ1v) is 10.7. The highest BCUT2D eigenvalue weighted by Gasteiger charge is 2.29. The number of hydrogen-bond acceptors (Lipinski definition) is 4. The van der Waals surface area contributed by atoms with Crippen LogP contribution >= 0.6 is 0 Å². The van der Waals surface area contributed by atoms with Crippen molar-refractivity contribution >= 4 is 23.5 Å². The molecule has 1 amide bonds. The van der Waals surface area contributed by atoms with Gasteiger partial charge in [0.1, 0.15) is 6.54 Å². The number of carbonyl (C=O) groups is 2. The number of piperidine rings is 1. The molecule has 7 heteroatoms. The van der Waals surface area contributed by atoms with E-state index in [1.54, 1.807) is 0 Å². The molecule has 1 saturated heterocycles. The summed E-state index contributed by atoms with van der Waals surface area (Å²) in [7, 11) is 0. The van der Waals surface area contributed by atoms with Gasteiger partial charge in [0.15, 0.2) is 5.96 Å². The molecule has 1 fully saturated rings. The maximum Gasteiger partial charge on any atom is 0.310 e. The van der Waals surface area contributed by atoms with Crippen LogP contribution in [0.3, 0.4) is 0 Å². The fourth-order valence-corrected chi connectivity index (χ4v) is 4.07. The van der Waals surface area contributed by atoms with Crippen LogP contribution in [0.2, 0.25) is 0 Å². The second kappa shape index (κ2) is 10.3. The third-order valence-corrected chi connectivity index (χ3v) is 5.45. The van der Waals surface area contributed by atoms with Gasteiger partial charge in [-0.1, -0.05) is 18.2 Å². The Morgan fingerprint density at radius 1 is 1.21 bits per heavy atom. The summed E-state index contributed by atoms with van der Waals surface area (Å²) in [5.74, 6) is 0.415. The molecule has 3 rings (SSSR count). The largest absolute Gasteiger partial charge is 0.466 e. The number of likely N-dealkylation sites (tertiary alicyclic amines) is 1. The minimum absolute atomic E-state index is 0.00602. The van der Waals surface area contributed by atoms with E-state index in [1.807, 2.05) is 36.9 Å². The van der Waals surface area contributed by atoms with Gasteiger partial charge in [-0.25, -0.2) is 4.99 Å². The summed E-state index contributed by atoms with van der Waals surface area (Å²) in [4.78, 5) is 33.6. The van der Waals surface area contributed by atoms with E-state index in [0.717, 1.165) is 44.5 Å². The summed E-state index contributed by atoms with van der Waals surface area (Å²) in [6, 6.07) is 8.09. The third-order valence-electron chi connectivity index (χ3n) is 5.45. The molecule has 0 radical (unpaired) electrons. The lowest BCUT2D eigenvalue weighted by Crippen LogP contribution is -2.48. The molecule has 2 heterocycles. The number of benzene rings is 1. The van der Waals surface area contributed by atoms with Crippen LogP contribution in [0.1, 0.15) is 38.7 Å². The first-order chi connectivity index (χ1) is 14.1. The topological polar surface area (TPSA) is 74.2 Å². The minimum atomic E-state index is -0.144. The zero-order valence-electron chi connectivity index (χ0n) is 17.5. The molecular formula is C22H32N4O3. The quantitative estimate of drug-likeness (QED) is 0.466. The van der Waals surface area contributed by atoms with Gasteiger partial charge in [0, 0.05) is 31.9 Å². The summed E-state index contributed by atoms with van der Waals surface area (Å²) in [5.41, 5.74) is 2.22. The number of hydrogen-bond donors (Lipinski definition) is 1. The third kappa shape index (κ3) is 5.28. The Bertz CT molecular complexity index is 749. The van der Waals surface area contributed by atoms with Crippen LogP contribution in [0.5, 0.6) is 0 Å². The molecule has 2 aliphatic heterocycles. The lowest BCUT2D eigenvalue weighted by molar-refractivity contribution is -0.149. The normalized spacial score (nSPS) is 19.5. The van der Waals surface area contributed by atoms with Crippen LogP contribution in [-0.4, -0.2) is 62.1 Å². The molecule has 1 unspecified atom stereocenters. The fourth-order valence-electron chi connectivity index (χ4n) is 4.07. The Hall–Kier alpha value is -2.57. The van der Waals surface area contributed by atoms with Gasteiger partial charge in [0.05, 0.1) is 12.5 Å². The number of fused-ring (bicyclic) bond motifs is 1. The van der Waals surface area contributed by atoms with Gasteiger partial charge in [-0.3, -0.25) is 9.59 Å². The Labute approximate surface area is 173 Å². The van der Waals surface area contributed by atoms with Crippen LogP contribution in [0.25, 0.3) is 0 Å². The predicted octanol–water partition coefficient (Wildman–Crippen LogP) is 2.21. The Morgan fingerprint density at radius 2 is 2.03 bits per heavy atom. The van der Waals surface area contributed by atoms with Crippen molar-refractivity contribution in [1.82, 2.24) is 10.2 Å². The number of amides is 1. The van der Waals surface area contributed by atoms with Gasteiger partial charge < -0.3 is 19.9 Å². The van der Waals surface area contributed by atoms with E-state index in [-0.39, 0.29) is 24.3 Å². The van der Waals surface area contributed by atoms with Crippen molar-refractivity contribution in [1.29, 1.82) is 0 Å². The van der Waals surface area contributed by atoms with Gasteiger partial charge >= 0.3 is 5.97 Å². The van der Waals surface area contributed by atoms with Crippen molar-refractivity contribution in [2.24, 2.45) is 10.9 Å². The Morgan fingerprint density at radius 3 is 2.83 bits per heavy atom. The molecule has 0 spiro atoms. The maximum atomic E-state index is 12.9. The monoisotopic (exact) mass is 400 g/mol. The molecule has 1 aromatic carbocycles. The molecule has 0 bridgehead atoms. The van der Waals surface area contributed by atoms with E-state index in [1.165, 1.54) is 5.56 Å². The zero-order valence-corrected chi connectivity index (χ0v) is 17.5. The van der Waals surface area contributed by atoms with Crippen molar-refractivity contribution in [2.75, 3.05) is 44.2 Å². The number of rotatable bonds is 5. The average Bonchev–Trinajstić information content (AvgIpc) is 2.76. The van der Waals surface area contributed by atoms with Gasteiger partial charge in [-0.2, -0.15) is 0 Å². The first-order valence-electron chi connectivity index (χ1n) is 10.7. The van der Waals surface area contributed by atoms with Gasteiger partial charge in [0.2, 0.25) is 5.91 Å². The molecule has 2 aliphatic rings. The van der Waals surface area contributed by atoms with Crippen LogP contribution in [0.4, 0.5) is 5.69 Å². The highest BCUT2D eigenvalue weighted by atomic mass is 16.5. The number of nitrogens with zero attached hydrogens (tertiary/aromatic N) is 3. The van der Waals surface area contributed by atoms with Crippen molar-refractivity contribution in [3.8, 4) is 0 Å². The lowest BCUT2D eigenvalue weighted by atomic mass is 9.98. The molecular weight excluding hydrogens is 368 g/mol. The standard InChI is InChI=1S/C22H32N4O3/c1-3-23-22(25-13-7-11-18(16-25)21(28)29-4-2)24-15-20(27)26-14-8-10-17-9-5-6-12-19(17)26/h5-6,9,12,18H,3-4,7-8,10-11,13-16H2,1-2H3,(H,23,24). The Balaban J connectivity index is 1.68. The van der Waals surface area contributed by atoms with E-state index in [4.69, 9.17) is 4.74 Å². The highest BCUT2D eigenvalue weighted by molar-refractivity contribution is 5.97. The van der Waals surface area contributed by atoms with E-state index < -0.39 is 0 Å². The second-order valence-electron chi connectivity index (χ2n) is 7.49. The fraction of sp³-hybridized carbons (Fsp3) is 0.591. The number of guanidine groups is 1. The number of aliphatic imine (C=N–C) groups is 1. The number of nitrogens with one attached hydrogen (secondary N) is 1. The molecule has 1 atom stereocenters. The highest BCUT2D eigenvalue weighted by Crippen LogP contribution is 2.26. The maximum absolute atomic E-state index is 12.9. The van der Waals surface area contributed by atoms with Crippen molar-refractivity contribution in [3.05, 3.63) is 29.8 Å². The minimum Gasteiger partial charge on any atom is -0.466 e. The molecule has 7 nitrogen and oxygen atoms in total. The number of aryl methyl sites for hydroxylation is 1. The van der Waals surface area contributed by atoms with Crippen LogP contribution in [0, 0.1) is 5.92 Å². The smallest absolute Gasteiger partial charge is 0.310 e. The van der Waals surface area contributed by atoms with Gasteiger partial charge in [0.25, 0.3) is 0 Å². The van der Waals surface area contributed by atoms with Gasteiger partial charge in [-0.15, -0.1) is 0 Å². The number of para-hydroxylation sites is 1. The number of ether oxygens (including phenoxy) is 1. The predicted molar refractivity (Wildman–Crippen MR) is 114 cm³/mol. The van der Waals surface area contributed by atoms with E-state index in [9.17, 15) is 9.59 Å². The number of esters is 1. The summed E-state index contributed by atoms with van der Waals surface area (Å²) in [6.07, 6.45) is 3.72. The molecule has 29 heavy (non-hydrogen) atoms. The van der Waals surface area contributed by atoms with Crippen LogP contribution in [0.15, 0.2) is 29.3 Å². The SMILES string of the molecule is CCNC(=NCC(=O)N1CCCc2ccccc21)N1CCCC(C(=O)OCC)C1. The lowest BCUT2D eigenvalue weighted by Gasteiger charge is -2.34. The van der Waals surface area contributed by atoms with Crippen LogP contribution in [-0.2, 0) is 20.7 Å². The number of carbonyl (C=O) groups excluding carboxylic acids is 2. The molecule has 1 aromatic rings. The average molecular weight is 401 g/mol. The number of anilines is 1. The zero-order chi connectivity index (χ0) is 20.6. The van der Waals surface area contributed by atoms with Crippen molar-refractivity contribution in [2.45, 2.75) is 39.5 Å². The summed E-state index contributed by atoms with van der Waals surface area (Å²) in [5, 5.41) is 3.27. The molecule has 158 valence electrons. The van der Waals surface area contributed by atoms with Crippen LogP contribution < -0.4 is 10.2 Å². The Kier molecular flexibility index (Phi) is 7.49. The van der Waals surface area contributed by atoms with Crippen molar-refractivity contribution in [3.63, 3.8) is 0 Å². The first kappa shape index (κ1) is 21.1. The van der Waals surface area contributed by atoms with Crippen molar-refractivity contribution < 1.29 is 14.3 Å². The molecule has 0 saturated carbocycles. The molecule has 1 N–H and O–H groups in total. The van der Waals surface area contributed by atoms with E-state index in [0.29, 0.717) is 25.7 Å². The summed E-state index contributed by atoms with van der Waals surface area (Å²) < 4.78 is 5.19. The molecule has 0 aliphatic carbocycles.